The number of alkyl halides is 3. The largest absolute Gasteiger partial charge is 0.492 e. The van der Waals surface area contributed by atoms with Gasteiger partial charge in [-0.1, -0.05) is 6.92 Å². The summed E-state index contributed by atoms with van der Waals surface area (Å²) in [6, 6.07) is 10.2. The van der Waals surface area contributed by atoms with Gasteiger partial charge in [0.1, 0.15) is 17.9 Å². The molecule has 1 aliphatic carbocycles. The van der Waals surface area contributed by atoms with Crippen LogP contribution in [0.25, 0.3) is 0 Å². The van der Waals surface area contributed by atoms with Gasteiger partial charge < -0.3 is 14.5 Å². The number of nitrogens with zero attached hydrogens (tertiary/aromatic N) is 5. The van der Waals surface area contributed by atoms with Crippen LogP contribution in [0.4, 0.5) is 24.5 Å². The Balaban J connectivity index is 1.25. The minimum atomic E-state index is -4.77. The van der Waals surface area contributed by atoms with Gasteiger partial charge in [-0.25, -0.2) is 0 Å². The molecule has 0 atom stereocenters. The van der Waals surface area contributed by atoms with Crippen molar-refractivity contribution in [1.82, 2.24) is 9.96 Å². The van der Waals surface area contributed by atoms with Crippen molar-refractivity contribution in [1.29, 1.82) is 5.26 Å². The average molecular weight is 630 g/mol. The summed E-state index contributed by atoms with van der Waals surface area (Å²) < 4.78 is 47.1. The number of anilines is 2. The standard InChI is InChI=1S/C31H34F3N5O4S/c1-4-20-17-24(9-10-26(20)42-16-15-36-11-13-37(14-12-36)43-27(40)21-5-6-21)39-29(44)38(28(41)30(39,2)3)23-8-7-22(19-35)25(18-23)31(32,33)34/h7-10,17-18,21H,4-6,11-16H2,1-3H3. The molecule has 9 nitrogen and oxygen atoms in total. The summed E-state index contributed by atoms with van der Waals surface area (Å²) in [6.45, 7) is 9.28. The van der Waals surface area contributed by atoms with Crippen LogP contribution in [0.5, 0.6) is 5.75 Å². The van der Waals surface area contributed by atoms with E-state index in [1.54, 1.807) is 35.9 Å². The van der Waals surface area contributed by atoms with Crippen molar-refractivity contribution in [2.75, 3.05) is 49.1 Å². The highest BCUT2D eigenvalue weighted by molar-refractivity contribution is 7.81. The van der Waals surface area contributed by atoms with E-state index in [-0.39, 0.29) is 22.7 Å². The summed E-state index contributed by atoms with van der Waals surface area (Å²) in [5, 5.41) is 10.9. The lowest BCUT2D eigenvalue weighted by molar-refractivity contribution is -0.199. The highest BCUT2D eigenvalue weighted by Crippen LogP contribution is 2.40. The Kier molecular flexibility index (Phi) is 8.89. The maximum absolute atomic E-state index is 13.7. The number of hydrogen-bond acceptors (Lipinski definition) is 8. The fraction of sp³-hybridized carbons (Fsp3) is 0.484. The van der Waals surface area contributed by atoms with E-state index < -0.39 is 28.7 Å². The highest BCUT2D eigenvalue weighted by atomic mass is 32.1. The van der Waals surface area contributed by atoms with Crippen molar-refractivity contribution < 1.29 is 32.3 Å². The quantitative estimate of drug-likeness (QED) is 0.359. The Morgan fingerprint density at radius 1 is 1.09 bits per heavy atom. The second kappa shape index (κ2) is 12.3. The SMILES string of the molecule is CCc1cc(N2C(=S)N(c3ccc(C#N)c(C(F)(F)F)c3)C(=O)C2(C)C)ccc1OCCN1CCN(OC(=O)C2CC2)CC1. The van der Waals surface area contributed by atoms with Gasteiger partial charge in [0.25, 0.3) is 5.91 Å². The van der Waals surface area contributed by atoms with Crippen molar-refractivity contribution in [3.63, 3.8) is 0 Å². The average Bonchev–Trinajstić information content (AvgIpc) is 3.82. The normalized spacial score (nSPS) is 19.3. The zero-order valence-corrected chi connectivity index (χ0v) is 25.6. The molecule has 1 saturated carbocycles. The van der Waals surface area contributed by atoms with Crippen LogP contribution >= 0.6 is 12.2 Å². The number of carbonyl (C=O) groups excluding carboxylic acids is 2. The fourth-order valence-corrected chi connectivity index (χ4v) is 5.95. The molecule has 44 heavy (non-hydrogen) atoms. The molecule has 5 rings (SSSR count). The molecule has 0 radical (unpaired) electrons. The third-order valence-corrected chi connectivity index (χ3v) is 8.53. The molecule has 2 aromatic carbocycles. The monoisotopic (exact) mass is 629 g/mol. The number of benzene rings is 2. The van der Waals surface area contributed by atoms with E-state index in [0.29, 0.717) is 44.1 Å². The van der Waals surface area contributed by atoms with Crippen LogP contribution < -0.4 is 14.5 Å². The molecule has 2 aliphatic heterocycles. The Labute approximate surface area is 259 Å². The minimum absolute atomic E-state index is 0.0375. The van der Waals surface area contributed by atoms with Gasteiger partial charge in [-0.2, -0.15) is 18.4 Å². The number of nitriles is 1. The lowest BCUT2D eigenvalue weighted by Crippen LogP contribution is -2.48. The summed E-state index contributed by atoms with van der Waals surface area (Å²) in [6.07, 6.45) is -2.30. The number of carbonyl (C=O) groups is 2. The number of ether oxygens (including phenoxy) is 1. The third kappa shape index (κ3) is 6.38. The minimum Gasteiger partial charge on any atom is -0.492 e. The van der Waals surface area contributed by atoms with E-state index in [1.807, 2.05) is 19.1 Å². The van der Waals surface area contributed by atoms with Crippen molar-refractivity contribution >= 4 is 40.6 Å². The molecule has 0 spiro atoms. The van der Waals surface area contributed by atoms with Crippen molar-refractivity contribution in [2.24, 2.45) is 5.92 Å². The zero-order chi connectivity index (χ0) is 31.8. The van der Waals surface area contributed by atoms with E-state index in [2.05, 4.69) is 4.90 Å². The number of aryl methyl sites for hydroxylation is 1. The van der Waals surface area contributed by atoms with E-state index in [0.717, 1.165) is 48.5 Å². The molecule has 0 unspecified atom stereocenters. The highest BCUT2D eigenvalue weighted by Gasteiger charge is 2.51. The Morgan fingerprint density at radius 2 is 1.77 bits per heavy atom. The second-order valence-corrected chi connectivity index (χ2v) is 12.0. The predicted octanol–water partition coefficient (Wildman–Crippen LogP) is 4.92. The van der Waals surface area contributed by atoms with Gasteiger partial charge in [-0.15, -0.1) is 5.06 Å². The number of thiocarbonyl (C=S) groups is 1. The van der Waals surface area contributed by atoms with Crippen molar-refractivity contribution in [3.05, 3.63) is 53.1 Å². The molecule has 234 valence electrons. The number of piperazine rings is 1. The first-order valence-corrected chi connectivity index (χ1v) is 15.0. The molecule has 0 N–H and O–H groups in total. The molecule has 3 fully saturated rings. The van der Waals surface area contributed by atoms with Crippen molar-refractivity contribution in [3.8, 4) is 11.8 Å². The first-order valence-electron chi connectivity index (χ1n) is 14.6. The van der Waals surface area contributed by atoms with Gasteiger partial charge >= 0.3 is 12.1 Å². The van der Waals surface area contributed by atoms with Crippen LogP contribution in [0.15, 0.2) is 36.4 Å². The fourth-order valence-electron chi connectivity index (χ4n) is 5.43. The summed E-state index contributed by atoms with van der Waals surface area (Å²) >= 11 is 5.67. The predicted molar refractivity (Wildman–Crippen MR) is 161 cm³/mol. The van der Waals surface area contributed by atoms with Crippen LogP contribution in [0.3, 0.4) is 0 Å². The van der Waals surface area contributed by atoms with E-state index in [1.165, 1.54) is 6.07 Å². The smallest absolute Gasteiger partial charge is 0.417 e. The molecular formula is C31H34F3N5O4S. The second-order valence-electron chi connectivity index (χ2n) is 11.6. The van der Waals surface area contributed by atoms with Gasteiger partial charge in [-0.3, -0.25) is 19.4 Å². The summed E-state index contributed by atoms with van der Waals surface area (Å²) in [5.41, 5.74) is -1.40. The molecule has 2 heterocycles. The van der Waals surface area contributed by atoms with Crippen LogP contribution in [-0.2, 0) is 27.0 Å². The number of hydroxylamine groups is 2. The Morgan fingerprint density at radius 3 is 2.39 bits per heavy atom. The summed E-state index contributed by atoms with van der Waals surface area (Å²) in [7, 11) is 0. The molecule has 1 amide bonds. The first kappa shape index (κ1) is 31.7. The lowest BCUT2D eigenvalue weighted by Gasteiger charge is -2.33. The molecule has 0 bridgehead atoms. The van der Waals surface area contributed by atoms with E-state index in [4.69, 9.17) is 27.1 Å². The van der Waals surface area contributed by atoms with Gasteiger partial charge in [0.15, 0.2) is 5.11 Å². The van der Waals surface area contributed by atoms with Gasteiger partial charge in [0.2, 0.25) is 0 Å². The summed E-state index contributed by atoms with van der Waals surface area (Å²) in [5.74, 6) is 0.154. The molecule has 2 aromatic rings. The Hall–Kier alpha value is -3.73. The molecule has 0 aromatic heterocycles. The van der Waals surface area contributed by atoms with E-state index in [9.17, 15) is 22.8 Å². The molecule has 2 saturated heterocycles. The number of hydrogen-bond donors (Lipinski definition) is 0. The van der Waals surface area contributed by atoms with Crippen LogP contribution in [-0.4, -0.2) is 71.8 Å². The van der Waals surface area contributed by atoms with Crippen LogP contribution in [0.1, 0.15) is 50.3 Å². The number of amides is 1. The molecular weight excluding hydrogens is 595 g/mol. The summed E-state index contributed by atoms with van der Waals surface area (Å²) in [4.78, 5) is 35.9. The van der Waals surface area contributed by atoms with Gasteiger partial charge in [0.05, 0.1) is 28.8 Å². The molecule has 3 aliphatic rings. The maximum Gasteiger partial charge on any atom is 0.417 e. The van der Waals surface area contributed by atoms with Crippen LogP contribution in [0.2, 0.25) is 0 Å². The van der Waals surface area contributed by atoms with Crippen LogP contribution in [0, 0.1) is 17.2 Å². The van der Waals surface area contributed by atoms with Gasteiger partial charge in [-0.05, 0) is 87.3 Å². The zero-order valence-electron chi connectivity index (χ0n) is 24.8. The molecule has 13 heteroatoms. The number of halogens is 3. The van der Waals surface area contributed by atoms with E-state index >= 15 is 0 Å². The van der Waals surface area contributed by atoms with Crippen molar-refractivity contribution in [2.45, 2.75) is 51.7 Å². The topological polar surface area (TPSA) is 89.4 Å². The van der Waals surface area contributed by atoms with Gasteiger partial charge in [0, 0.05) is 38.4 Å². The third-order valence-electron chi connectivity index (χ3n) is 8.16. The number of rotatable bonds is 9. The lowest BCUT2D eigenvalue weighted by atomic mass is 10.0. The first-order chi connectivity index (χ1) is 20.8. The maximum atomic E-state index is 13.7. The Bertz CT molecular complexity index is 1500.